The lowest BCUT2D eigenvalue weighted by molar-refractivity contribution is -0.125. The van der Waals surface area contributed by atoms with E-state index in [2.05, 4.69) is 44.9 Å². The van der Waals surface area contributed by atoms with Gasteiger partial charge in [0, 0.05) is 98.5 Å². The van der Waals surface area contributed by atoms with Gasteiger partial charge in [0.25, 0.3) is 0 Å². The quantitative estimate of drug-likeness (QED) is 0.0254. The molecule has 0 radical (unpaired) electrons. The largest absolute Gasteiger partial charge is 0.379 e. The molecule has 0 saturated heterocycles. The number of fused-ring (bicyclic) bond motifs is 4. The van der Waals surface area contributed by atoms with E-state index in [1.807, 2.05) is 97.1 Å². The van der Waals surface area contributed by atoms with Gasteiger partial charge in [0.15, 0.2) is 0 Å². The molecule has 0 atom stereocenters. The van der Waals surface area contributed by atoms with E-state index < -0.39 is 0 Å². The van der Waals surface area contributed by atoms with Gasteiger partial charge in [-0.15, -0.1) is 0 Å². The van der Waals surface area contributed by atoms with Crippen LogP contribution < -0.4 is 31.1 Å². The number of carbonyl (C=O) groups is 6. The van der Waals surface area contributed by atoms with Crippen molar-refractivity contribution in [1.29, 1.82) is 0 Å². The summed E-state index contributed by atoms with van der Waals surface area (Å²) >= 11 is 0. The zero-order valence-corrected chi connectivity index (χ0v) is 50.5. The Morgan fingerprint density at radius 3 is 1.01 bits per heavy atom. The first kappa shape index (κ1) is 68.3. The molecule has 0 unspecified atom stereocenters. The highest BCUT2D eigenvalue weighted by Gasteiger charge is 2.24. The number of ether oxygens (including phenoxy) is 8. The van der Waals surface area contributed by atoms with Crippen molar-refractivity contribution in [3.63, 3.8) is 0 Å². The molecule has 4 aromatic carbocycles. The van der Waals surface area contributed by atoms with Gasteiger partial charge in [0.2, 0.25) is 35.4 Å². The Morgan fingerprint density at radius 1 is 0.337 bits per heavy atom. The summed E-state index contributed by atoms with van der Waals surface area (Å²) in [4.78, 5) is 79.4. The zero-order chi connectivity index (χ0) is 60.5. The normalized spacial score (nSPS) is 12.0. The third-order valence-corrected chi connectivity index (χ3v) is 15.3. The number of carbonyl (C=O) groups excluding carboxylic acids is 6. The molecule has 0 bridgehead atoms. The number of nitrogens with one attached hydrogen (secondary N) is 4. The van der Waals surface area contributed by atoms with Crippen LogP contribution >= 0.6 is 21.6 Å². The first-order valence-electron chi connectivity index (χ1n) is 29.2. The Balaban J connectivity index is 0.610. The van der Waals surface area contributed by atoms with E-state index in [-0.39, 0.29) is 74.0 Å². The average molecular weight is 1220 g/mol. The van der Waals surface area contributed by atoms with Crippen molar-refractivity contribution in [2.75, 3.05) is 153 Å². The lowest BCUT2D eigenvalue weighted by Gasteiger charge is -2.26. The van der Waals surface area contributed by atoms with E-state index >= 15 is 0 Å². The molecule has 6 rings (SSSR count). The maximum atomic E-state index is 13.3. The highest BCUT2D eigenvalue weighted by molar-refractivity contribution is 8.76. The minimum atomic E-state index is -0.220. The van der Waals surface area contributed by atoms with Crippen molar-refractivity contribution < 1.29 is 66.7 Å². The Morgan fingerprint density at radius 2 is 0.628 bits per heavy atom. The van der Waals surface area contributed by atoms with Crippen LogP contribution in [0.1, 0.15) is 71.9 Å². The minimum Gasteiger partial charge on any atom is -0.379 e. The molecule has 4 N–H and O–H groups in total. The van der Waals surface area contributed by atoms with Crippen LogP contribution in [0.4, 0.5) is 11.4 Å². The third kappa shape index (κ3) is 27.3. The van der Waals surface area contributed by atoms with Gasteiger partial charge in [0.1, 0.15) is 0 Å². The van der Waals surface area contributed by atoms with Gasteiger partial charge in [-0.1, -0.05) is 106 Å². The van der Waals surface area contributed by atoms with Crippen molar-refractivity contribution >= 4 is 68.4 Å². The molecule has 20 nitrogen and oxygen atoms in total. The van der Waals surface area contributed by atoms with Crippen LogP contribution in [0.5, 0.6) is 0 Å². The molecule has 2 aliphatic rings. The fraction of sp³-hybridized carbons (Fsp3) is 0.469. The summed E-state index contributed by atoms with van der Waals surface area (Å²) in [6, 6.07) is 30.7. The van der Waals surface area contributed by atoms with Crippen LogP contribution in [0.2, 0.25) is 0 Å². The SMILES string of the molecule is O=C(CCOCCOCCOCCOCCNC(=O)CCC(=O)N1Cc2ccccc2C#Cc2ccccc21)NCCSSCCNC(=O)CCOCCOCCOCCOCCNC(=O)CCC(=O)N1Cc2ccccc2C#Cc2ccccc21. The number of anilines is 2. The highest BCUT2D eigenvalue weighted by atomic mass is 33.1. The predicted molar refractivity (Wildman–Crippen MR) is 331 cm³/mol. The Hall–Kier alpha value is -6.80. The van der Waals surface area contributed by atoms with Gasteiger partial charge in [0.05, 0.1) is 130 Å². The Labute approximate surface area is 512 Å². The van der Waals surface area contributed by atoms with Crippen LogP contribution in [0.15, 0.2) is 97.1 Å². The number of hydrogen-bond donors (Lipinski definition) is 4. The maximum Gasteiger partial charge on any atom is 0.227 e. The maximum absolute atomic E-state index is 13.3. The number of amides is 6. The van der Waals surface area contributed by atoms with Crippen LogP contribution in [0.3, 0.4) is 0 Å². The summed E-state index contributed by atoms with van der Waals surface area (Å²) in [5.74, 6) is 13.4. The number of hydrogen-bond acceptors (Lipinski definition) is 16. The molecule has 0 aromatic heterocycles. The van der Waals surface area contributed by atoms with Crippen LogP contribution in [-0.4, -0.2) is 179 Å². The number of rotatable bonds is 43. The lowest BCUT2D eigenvalue weighted by Crippen LogP contribution is -2.34. The minimum absolute atomic E-state index is 0.0657. The Bertz CT molecular complexity index is 2680. The van der Waals surface area contributed by atoms with Gasteiger partial charge in [-0.2, -0.15) is 0 Å². The van der Waals surface area contributed by atoms with E-state index in [1.165, 1.54) is 0 Å². The summed E-state index contributed by atoms with van der Waals surface area (Å²) in [5, 5.41) is 11.4. The van der Waals surface area contributed by atoms with Crippen LogP contribution in [0, 0.1) is 23.7 Å². The zero-order valence-electron chi connectivity index (χ0n) is 48.9. The van der Waals surface area contributed by atoms with Gasteiger partial charge < -0.3 is 69.0 Å². The average Bonchev–Trinajstić information content (AvgIpc) is 2.04. The number of nitrogens with zero attached hydrogens (tertiary/aromatic N) is 2. The lowest BCUT2D eigenvalue weighted by atomic mass is 10.0. The van der Waals surface area contributed by atoms with Crippen molar-refractivity contribution in [3.05, 3.63) is 130 Å². The highest BCUT2D eigenvalue weighted by Crippen LogP contribution is 2.28. The molecule has 0 saturated carbocycles. The molecular formula is C64H80N6O14S2. The number of benzene rings is 4. The monoisotopic (exact) mass is 1220 g/mol. The fourth-order valence-corrected chi connectivity index (χ4v) is 10.3. The molecule has 86 heavy (non-hydrogen) atoms. The van der Waals surface area contributed by atoms with E-state index in [4.69, 9.17) is 37.9 Å². The van der Waals surface area contributed by atoms with E-state index in [1.54, 1.807) is 31.4 Å². The molecule has 6 amide bonds. The van der Waals surface area contributed by atoms with Crippen molar-refractivity contribution in [3.8, 4) is 23.7 Å². The standard InChI is InChI=1S/C64H80N6O14S2/c71-59(21-23-63(75)69-49-55-13-3-1-9-51(55)17-19-53-11-5-7-15-57(53)69)65-27-33-79-37-41-83-45-43-81-39-35-77-31-25-61(73)67-29-47-85-86-48-30-68-62(74)26-32-78-36-40-82-44-46-84-42-38-80-34-28-66-60(72)22-24-64(76)70-50-56-14-4-2-10-52(56)18-20-54-12-6-8-16-58(54)70/h1-16H,21-50H2,(H,65,71)(H,66,72)(H,67,73)(H,68,74). The summed E-state index contributed by atoms with van der Waals surface area (Å²) < 4.78 is 44.2. The third-order valence-electron chi connectivity index (χ3n) is 12.9. The van der Waals surface area contributed by atoms with Crippen molar-refractivity contribution in [2.24, 2.45) is 0 Å². The summed E-state index contributed by atoms with van der Waals surface area (Å²) in [6.07, 6.45) is 0.780. The second-order valence-corrected chi connectivity index (χ2v) is 22.0. The molecule has 0 spiro atoms. The number of para-hydroxylation sites is 2. The second kappa shape index (κ2) is 42.1. The molecule has 0 aliphatic carbocycles. The summed E-state index contributed by atoms with van der Waals surface area (Å²) in [6.45, 7) is 8.22. The predicted octanol–water partition coefficient (Wildman–Crippen LogP) is 5.20. The van der Waals surface area contributed by atoms with Gasteiger partial charge in [-0.25, -0.2) is 0 Å². The van der Waals surface area contributed by atoms with Crippen LogP contribution in [0.25, 0.3) is 0 Å². The first-order valence-corrected chi connectivity index (χ1v) is 31.7. The van der Waals surface area contributed by atoms with Crippen molar-refractivity contribution in [2.45, 2.75) is 51.6 Å². The fourth-order valence-electron chi connectivity index (χ4n) is 8.44. The topological polar surface area (TPSA) is 231 Å². The summed E-state index contributed by atoms with van der Waals surface area (Å²) in [7, 11) is 3.25. The molecular weight excluding hydrogens is 1140 g/mol. The van der Waals surface area contributed by atoms with Crippen molar-refractivity contribution in [1.82, 2.24) is 21.3 Å². The van der Waals surface area contributed by atoms with Gasteiger partial charge in [-0.3, -0.25) is 28.8 Å². The van der Waals surface area contributed by atoms with Gasteiger partial charge in [-0.05, 0) is 47.5 Å². The second-order valence-electron chi connectivity index (χ2n) is 19.3. The van der Waals surface area contributed by atoms with Crippen LogP contribution in [-0.2, 0) is 79.8 Å². The summed E-state index contributed by atoms with van der Waals surface area (Å²) in [5.41, 5.74) is 6.71. The van der Waals surface area contributed by atoms with Gasteiger partial charge >= 0.3 is 0 Å². The molecule has 4 aromatic rings. The van der Waals surface area contributed by atoms with E-state index in [9.17, 15) is 28.8 Å². The molecule has 22 heteroatoms. The first-order chi connectivity index (χ1) is 42.2. The smallest absolute Gasteiger partial charge is 0.227 e. The molecule has 462 valence electrons. The Kier molecular flexibility index (Phi) is 33.5. The molecule has 0 fully saturated rings. The van der Waals surface area contributed by atoms with E-state index in [0.29, 0.717) is 145 Å². The molecule has 2 aliphatic heterocycles. The van der Waals surface area contributed by atoms with E-state index in [0.717, 1.165) is 56.3 Å². The molecule has 2 heterocycles.